The Bertz CT molecular complexity index is 405. The molecule has 2 aromatic rings. The Morgan fingerprint density at radius 1 is 1.46 bits per heavy atom. The lowest BCUT2D eigenvalue weighted by molar-refractivity contribution is 0.400. The maximum absolute atomic E-state index is 5.42. The lowest BCUT2D eigenvalue weighted by Gasteiger charge is -1.89. The molecule has 0 atom stereocenters. The highest BCUT2D eigenvalue weighted by molar-refractivity contribution is 7.13. The number of nitrogens with zero attached hydrogens (tertiary/aromatic N) is 1. The molecule has 0 spiro atoms. The summed E-state index contributed by atoms with van der Waals surface area (Å²) >= 11 is 1.51. The molecule has 0 fully saturated rings. The zero-order chi connectivity index (χ0) is 9.26. The highest BCUT2D eigenvalue weighted by atomic mass is 32.1. The molecular weight excluding hydrogens is 186 g/mol. The van der Waals surface area contributed by atoms with Crippen molar-refractivity contribution in [3.8, 4) is 16.6 Å². The molecule has 0 aliphatic heterocycles. The van der Waals surface area contributed by atoms with E-state index in [2.05, 4.69) is 4.98 Å². The van der Waals surface area contributed by atoms with E-state index in [1.807, 2.05) is 24.4 Å². The first-order valence-electron chi connectivity index (χ1n) is 3.86. The Hall–Kier alpha value is -1.29. The maximum Gasteiger partial charge on any atom is 0.224 e. The maximum atomic E-state index is 5.42. The van der Waals surface area contributed by atoms with E-state index in [-0.39, 0.29) is 0 Å². The third-order valence-corrected chi connectivity index (χ3v) is 2.48. The van der Waals surface area contributed by atoms with E-state index < -0.39 is 0 Å². The molecule has 0 aliphatic carbocycles. The molecule has 0 N–H and O–H groups in total. The van der Waals surface area contributed by atoms with E-state index in [4.69, 9.17) is 9.15 Å². The van der Waals surface area contributed by atoms with Gasteiger partial charge < -0.3 is 9.15 Å². The summed E-state index contributed by atoms with van der Waals surface area (Å²) < 4.78 is 10.4. The predicted molar refractivity (Wildman–Crippen MR) is 51.1 cm³/mol. The van der Waals surface area contributed by atoms with E-state index in [0.717, 1.165) is 16.5 Å². The molecule has 3 nitrogen and oxygen atoms in total. The van der Waals surface area contributed by atoms with Crippen molar-refractivity contribution in [1.82, 2.24) is 4.98 Å². The number of furan rings is 1. The molecule has 0 aliphatic rings. The highest BCUT2D eigenvalue weighted by Crippen LogP contribution is 2.27. The van der Waals surface area contributed by atoms with Crippen LogP contribution in [0.2, 0.25) is 0 Å². The van der Waals surface area contributed by atoms with Crippen LogP contribution in [0.15, 0.2) is 21.9 Å². The second kappa shape index (κ2) is 3.22. The van der Waals surface area contributed by atoms with Crippen molar-refractivity contribution in [2.75, 3.05) is 7.11 Å². The monoisotopic (exact) mass is 195 g/mol. The fourth-order valence-electron chi connectivity index (χ4n) is 1.02. The highest BCUT2D eigenvalue weighted by Gasteiger charge is 2.07. The number of thiazole rings is 1. The Morgan fingerprint density at radius 2 is 2.31 bits per heavy atom. The van der Waals surface area contributed by atoms with Crippen LogP contribution in [0.3, 0.4) is 0 Å². The van der Waals surface area contributed by atoms with Crippen molar-refractivity contribution in [3.05, 3.63) is 23.3 Å². The largest absolute Gasteiger partial charge is 0.480 e. The average Bonchev–Trinajstić information content (AvgIpc) is 2.71. The molecule has 0 saturated heterocycles. The summed E-state index contributed by atoms with van der Waals surface area (Å²) in [6, 6.07) is 3.83. The van der Waals surface area contributed by atoms with Crippen molar-refractivity contribution in [2.45, 2.75) is 6.92 Å². The van der Waals surface area contributed by atoms with Crippen molar-refractivity contribution in [2.24, 2.45) is 0 Å². The first-order valence-corrected chi connectivity index (χ1v) is 4.74. The van der Waals surface area contributed by atoms with Gasteiger partial charge in [-0.3, -0.25) is 0 Å². The second-order valence-electron chi connectivity index (χ2n) is 2.61. The van der Waals surface area contributed by atoms with Crippen molar-refractivity contribution in [1.29, 1.82) is 0 Å². The van der Waals surface area contributed by atoms with Gasteiger partial charge in [0, 0.05) is 0 Å². The zero-order valence-electron chi connectivity index (χ0n) is 7.40. The Morgan fingerprint density at radius 3 is 2.85 bits per heavy atom. The molecular formula is C9H9NO2S. The van der Waals surface area contributed by atoms with Crippen LogP contribution in [0.4, 0.5) is 0 Å². The molecule has 4 heteroatoms. The molecule has 2 aromatic heterocycles. The summed E-state index contributed by atoms with van der Waals surface area (Å²) in [5, 5.41) is 2.71. The molecule has 0 aromatic carbocycles. The van der Waals surface area contributed by atoms with Gasteiger partial charge in [0.25, 0.3) is 0 Å². The molecule has 0 saturated carbocycles. The van der Waals surface area contributed by atoms with Crippen LogP contribution in [0, 0.1) is 6.92 Å². The van der Waals surface area contributed by atoms with E-state index >= 15 is 0 Å². The number of hydrogen-bond acceptors (Lipinski definition) is 4. The van der Waals surface area contributed by atoms with Gasteiger partial charge in [-0.2, -0.15) is 4.98 Å². The first kappa shape index (κ1) is 8.31. The van der Waals surface area contributed by atoms with Crippen LogP contribution < -0.4 is 4.74 Å². The van der Waals surface area contributed by atoms with Gasteiger partial charge in [-0.1, -0.05) is 0 Å². The van der Waals surface area contributed by atoms with Gasteiger partial charge in [0.05, 0.1) is 12.5 Å². The zero-order valence-corrected chi connectivity index (χ0v) is 8.22. The van der Waals surface area contributed by atoms with E-state index in [1.54, 1.807) is 7.11 Å². The third-order valence-electron chi connectivity index (χ3n) is 1.64. The smallest absolute Gasteiger partial charge is 0.224 e. The van der Waals surface area contributed by atoms with Crippen LogP contribution in [-0.4, -0.2) is 12.1 Å². The standard InChI is InChI=1S/C9H9NO2S/c1-6-3-4-7(12-6)9-10-8(11-2)5-13-9/h3-5H,1-2H3. The molecule has 0 unspecified atom stereocenters. The molecule has 0 radical (unpaired) electrons. The minimum absolute atomic E-state index is 0.633. The number of hydrogen-bond donors (Lipinski definition) is 0. The quantitative estimate of drug-likeness (QED) is 0.739. The van der Waals surface area contributed by atoms with E-state index in [9.17, 15) is 0 Å². The van der Waals surface area contributed by atoms with Gasteiger partial charge in [0.2, 0.25) is 5.88 Å². The summed E-state index contributed by atoms with van der Waals surface area (Å²) in [6.45, 7) is 1.91. The van der Waals surface area contributed by atoms with Crippen LogP contribution in [0.25, 0.3) is 10.8 Å². The number of aryl methyl sites for hydroxylation is 1. The normalized spacial score (nSPS) is 10.3. The predicted octanol–water partition coefficient (Wildman–Crippen LogP) is 2.72. The summed E-state index contributed by atoms with van der Waals surface area (Å²) in [5.41, 5.74) is 0. The Balaban J connectivity index is 2.35. The number of ether oxygens (including phenoxy) is 1. The van der Waals surface area contributed by atoms with Crippen molar-refractivity contribution < 1.29 is 9.15 Å². The lowest BCUT2D eigenvalue weighted by atomic mass is 10.4. The topological polar surface area (TPSA) is 35.3 Å². The Kier molecular flexibility index (Phi) is 2.06. The van der Waals surface area contributed by atoms with Gasteiger partial charge in [0.15, 0.2) is 10.8 Å². The van der Waals surface area contributed by atoms with Crippen LogP contribution in [-0.2, 0) is 0 Å². The molecule has 0 bridgehead atoms. The van der Waals surface area contributed by atoms with Gasteiger partial charge in [-0.25, -0.2) is 0 Å². The fraction of sp³-hybridized carbons (Fsp3) is 0.222. The average molecular weight is 195 g/mol. The van der Waals surface area contributed by atoms with Gasteiger partial charge in [-0.15, -0.1) is 11.3 Å². The molecule has 13 heavy (non-hydrogen) atoms. The number of methoxy groups -OCH3 is 1. The van der Waals surface area contributed by atoms with Crippen LogP contribution in [0.5, 0.6) is 5.88 Å². The van der Waals surface area contributed by atoms with Crippen molar-refractivity contribution in [3.63, 3.8) is 0 Å². The second-order valence-corrected chi connectivity index (χ2v) is 3.46. The first-order chi connectivity index (χ1) is 6.29. The summed E-state index contributed by atoms with van der Waals surface area (Å²) in [7, 11) is 1.60. The fourth-order valence-corrected chi connectivity index (χ4v) is 1.75. The van der Waals surface area contributed by atoms with Gasteiger partial charge >= 0.3 is 0 Å². The molecule has 68 valence electrons. The van der Waals surface area contributed by atoms with E-state index in [1.165, 1.54) is 11.3 Å². The lowest BCUT2D eigenvalue weighted by Crippen LogP contribution is -1.80. The van der Waals surface area contributed by atoms with Crippen LogP contribution in [0.1, 0.15) is 5.76 Å². The number of aromatic nitrogens is 1. The minimum atomic E-state index is 0.633. The summed E-state index contributed by atoms with van der Waals surface area (Å²) in [5.74, 6) is 2.32. The SMILES string of the molecule is COc1csc(-c2ccc(C)o2)n1. The minimum Gasteiger partial charge on any atom is -0.480 e. The van der Waals surface area contributed by atoms with Gasteiger partial charge in [0.1, 0.15) is 5.76 Å². The third kappa shape index (κ3) is 1.58. The van der Waals surface area contributed by atoms with Crippen molar-refractivity contribution >= 4 is 11.3 Å². The van der Waals surface area contributed by atoms with E-state index in [0.29, 0.717) is 5.88 Å². The summed E-state index contributed by atoms with van der Waals surface area (Å²) in [6.07, 6.45) is 0. The molecule has 2 heterocycles. The van der Waals surface area contributed by atoms with Crippen LogP contribution >= 0.6 is 11.3 Å². The Labute approximate surface area is 80.0 Å². The number of rotatable bonds is 2. The summed E-state index contributed by atoms with van der Waals surface area (Å²) in [4.78, 5) is 4.21. The van der Waals surface area contributed by atoms with Gasteiger partial charge in [-0.05, 0) is 19.1 Å². The molecule has 2 rings (SSSR count). The molecule has 0 amide bonds.